The second kappa shape index (κ2) is 7.98. The minimum Gasteiger partial charge on any atom is -0.370 e. The van der Waals surface area contributed by atoms with Crippen molar-refractivity contribution in [2.45, 2.75) is 46.1 Å². The first-order chi connectivity index (χ1) is 10.2. The van der Waals surface area contributed by atoms with Gasteiger partial charge in [0.25, 0.3) is 0 Å². The van der Waals surface area contributed by atoms with Gasteiger partial charge in [-0.3, -0.25) is 0 Å². The smallest absolute Gasteiger partial charge is 0.132 e. The highest BCUT2D eigenvalue weighted by Gasteiger charge is 2.08. The third kappa shape index (κ3) is 5.01. The monoisotopic (exact) mass is 304 g/mol. The number of aryl methyl sites for hydroxylation is 1. The molecule has 0 radical (unpaired) electrons. The van der Waals surface area contributed by atoms with Gasteiger partial charge in [-0.1, -0.05) is 13.8 Å². The van der Waals surface area contributed by atoms with Gasteiger partial charge in [-0.05, 0) is 42.2 Å². The molecule has 1 atom stereocenters. The molecule has 0 aromatic carbocycles. The van der Waals surface area contributed by atoms with Crippen molar-refractivity contribution in [3.8, 4) is 0 Å². The third-order valence-electron chi connectivity index (χ3n) is 3.16. The predicted molar refractivity (Wildman–Crippen MR) is 91.3 cm³/mol. The molecule has 0 saturated heterocycles. The van der Waals surface area contributed by atoms with Crippen LogP contribution in [0.15, 0.2) is 22.9 Å². The summed E-state index contributed by atoms with van der Waals surface area (Å²) in [5.74, 6) is 2.69. The van der Waals surface area contributed by atoms with E-state index in [-0.39, 0.29) is 0 Å². The molecule has 2 N–H and O–H groups in total. The molecule has 0 aliphatic heterocycles. The molecule has 0 bridgehead atoms. The van der Waals surface area contributed by atoms with Crippen LogP contribution in [0.5, 0.6) is 0 Å². The maximum atomic E-state index is 4.57. The van der Waals surface area contributed by atoms with Crippen molar-refractivity contribution in [2.75, 3.05) is 17.2 Å². The van der Waals surface area contributed by atoms with E-state index in [4.69, 9.17) is 0 Å². The first-order valence-electron chi connectivity index (χ1n) is 7.60. The summed E-state index contributed by atoms with van der Waals surface area (Å²) in [7, 11) is 0. The van der Waals surface area contributed by atoms with Crippen LogP contribution >= 0.6 is 11.3 Å². The van der Waals surface area contributed by atoms with Crippen LogP contribution in [0.2, 0.25) is 0 Å². The molecule has 0 amide bonds. The zero-order chi connectivity index (χ0) is 15.1. The standard InChI is InChI=1S/C16H24N4S/c1-4-7-17-15-10-16(20-14(5-2)19-15)18-12(3)9-13-6-8-21-11-13/h6,8,10-12H,4-5,7,9H2,1-3H3,(H2,17,18,19,20). The Labute approximate surface area is 131 Å². The van der Waals surface area contributed by atoms with E-state index >= 15 is 0 Å². The van der Waals surface area contributed by atoms with Gasteiger partial charge in [0.2, 0.25) is 0 Å². The summed E-state index contributed by atoms with van der Waals surface area (Å²) in [5.41, 5.74) is 1.37. The predicted octanol–water partition coefficient (Wildman–Crippen LogP) is 3.97. The van der Waals surface area contributed by atoms with Crippen LogP contribution in [0.3, 0.4) is 0 Å². The zero-order valence-corrected chi connectivity index (χ0v) is 13.8. The van der Waals surface area contributed by atoms with Gasteiger partial charge in [0.15, 0.2) is 0 Å². The summed E-state index contributed by atoms with van der Waals surface area (Å²) in [6, 6.07) is 4.52. The van der Waals surface area contributed by atoms with Gasteiger partial charge in [0, 0.05) is 25.1 Å². The Morgan fingerprint density at radius 3 is 2.71 bits per heavy atom. The SMILES string of the molecule is CCCNc1cc(NC(C)Cc2ccsc2)nc(CC)n1. The van der Waals surface area contributed by atoms with Gasteiger partial charge in [-0.15, -0.1) is 0 Å². The van der Waals surface area contributed by atoms with Crippen molar-refractivity contribution in [1.29, 1.82) is 0 Å². The van der Waals surface area contributed by atoms with Gasteiger partial charge in [-0.2, -0.15) is 11.3 Å². The van der Waals surface area contributed by atoms with Gasteiger partial charge in [-0.25, -0.2) is 9.97 Å². The molecule has 4 nitrogen and oxygen atoms in total. The highest BCUT2D eigenvalue weighted by molar-refractivity contribution is 7.07. The lowest BCUT2D eigenvalue weighted by molar-refractivity contribution is 0.781. The summed E-state index contributed by atoms with van der Waals surface area (Å²) in [5, 5.41) is 11.1. The molecular formula is C16H24N4S. The minimum absolute atomic E-state index is 0.346. The Hall–Kier alpha value is -1.62. The lowest BCUT2D eigenvalue weighted by Gasteiger charge is -2.15. The van der Waals surface area contributed by atoms with Gasteiger partial charge < -0.3 is 10.6 Å². The van der Waals surface area contributed by atoms with Gasteiger partial charge >= 0.3 is 0 Å². The molecule has 5 heteroatoms. The molecular weight excluding hydrogens is 280 g/mol. The molecule has 2 rings (SSSR count). The van der Waals surface area contributed by atoms with Crippen LogP contribution in [0, 0.1) is 0 Å². The van der Waals surface area contributed by atoms with E-state index in [0.29, 0.717) is 6.04 Å². The lowest BCUT2D eigenvalue weighted by Crippen LogP contribution is -2.19. The Kier molecular flexibility index (Phi) is 5.99. The fourth-order valence-electron chi connectivity index (χ4n) is 2.14. The molecule has 2 heterocycles. The van der Waals surface area contributed by atoms with Gasteiger partial charge in [0.1, 0.15) is 17.5 Å². The maximum absolute atomic E-state index is 4.57. The van der Waals surface area contributed by atoms with Crippen LogP contribution in [0.25, 0.3) is 0 Å². The Morgan fingerprint density at radius 2 is 2.05 bits per heavy atom. The number of anilines is 2. The maximum Gasteiger partial charge on any atom is 0.132 e. The normalized spacial score (nSPS) is 12.1. The summed E-state index contributed by atoms with van der Waals surface area (Å²) in [6.07, 6.45) is 2.94. The summed E-state index contributed by atoms with van der Waals surface area (Å²) < 4.78 is 0. The fraction of sp³-hybridized carbons (Fsp3) is 0.500. The average Bonchev–Trinajstić information content (AvgIpc) is 2.97. The number of rotatable bonds is 8. The molecule has 0 fully saturated rings. The minimum atomic E-state index is 0.346. The number of hydrogen-bond donors (Lipinski definition) is 2. The molecule has 1 unspecified atom stereocenters. The highest BCUT2D eigenvalue weighted by atomic mass is 32.1. The quantitative estimate of drug-likeness (QED) is 0.775. The average molecular weight is 304 g/mol. The molecule has 114 valence electrons. The molecule has 0 aliphatic carbocycles. The second-order valence-corrected chi connectivity index (χ2v) is 6.00. The molecule has 0 aliphatic rings. The van der Waals surface area contributed by atoms with E-state index in [2.05, 4.69) is 58.2 Å². The van der Waals surface area contributed by atoms with E-state index in [1.54, 1.807) is 11.3 Å². The third-order valence-corrected chi connectivity index (χ3v) is 3.89. The summed E-state index contributed by atoms with van der Waals surface area (Å²) in [6.45, 7) is 7.35. The van der Waals surface area contributed by atoms with Crippen LogP contribution in [-0.4, -0.2) is 22.6 Å². The first kappa shape index (κ1) is 15.8. The van der Waals surface area contributed by atoms with E-state index < -0.39 is 0 Å². The first-order valence-corrected chi connectivity index (χ1v) is 8.55. The molecule has 0 saturated carbocycles. The topological polar surface area (TPSA) is 49.8 Å². The highest BCUT2D eigenvalue weighted by Crippen LogP contribution is 2.15. The van der Waals surface area contributed by atoms with Gasteiger partial charge in [0.05, 0.1) is 0 Å². The molecule has 2 aromatic rings. The van der Waals surface area contributed by atoms with Crippen molar-refractivity contribution in [3.05, 3.63) is 34.3 Å². The van der Waals surface area contributed by atoms with E-state index in [0.717, 1.165) is 43.3 Å². The van der Waals surface area contributed by atoms with Crippen LogP contribution in [0.1, 0.15) is 38.6 Å². The molecule has 2 aromatic heterocycles. The number of aromatic nitrogens is 2. The lowest BCUT2D eigenvalue weighted by atomic mass is 10.1. The number of nitrogens with zero attached hydrogens (tertiary/aromatic N) is 2. The Bertz CT molecular complexity index is 539. The van der Waals surface area contributed by atoms with E-state index in [1.165, 1.54) is 5.56 Å². The van der Waals surface area contributed by atoms with Crippen LogP contribution in [-0.2, 0) is 12.8 Å². The largest absolute Gasteiger partial charge is 0.370 e. The summed E-state index contributed by atoms with van der Waals surface area (Å²) >= 11 is 1.74. The van der Waals surface area contributed by atoms with Crippen molar-refractivity contribution >= 4 is 23.0 Å². The van der Waals surface area contributed by atoms with Crippen molar-refractivity contribution in [2.24, 2.45) is 0 Å². The van der Waals surface area contributed by atoms with E-state index in [9.17, 15) is 0 Å². The van der Waals surface area contributed by atoms with Crippen molar-refractivity contribution in [1.82, 2.24) is 9.97 Å². The van der Waals surface area contributed by atoms with Crippen LogP contribution in [0.4, 0.5) is 11.6 Å². The Balaban J connectivity index is 2.03. The number of hydrogen-bond acceptors (Lipinski definition) is 5. The van der Waals surface area contributed by atoms with Crippen molar-refractivity contribution in [3.63, 3.8) is 0 Å². The Morgan fingerprint density at radius 1 is 1.24 bits per heavy atom. The number of nitrogens with one attached hydrogen (secondary N) is 2. The second-order valence-electron chi connectivity index (χ2n) is 5.22. The summed E-state index contributed by atoms with van der Waals surface area (Å²) in [4.78, 5) is 9.08. The zero-order valence-electron chi connectivity index (χ0n) is 13.0. The fourth-order valence-corrected chi connectivity index (χ4v) is 2.82. The van der Waals surface area contributed by atoms with Crippen LogP contribution < -0.4 is 10.6 Å². The van der Waals surface area contributed by atoms with E-state index in [1.807, 2.05) is 6.07 Å². The van der Waals surface area contributed by atoms with Crippen molar-refractivity contribution < 1.29 is 0 Å². The number of thiophene rings is 1. The molecule has 0 spiro atoms. The molecule has 21 heavy (non-hydrogen) atoms.